The minimum absolute atomic E-state index is 0.139. The Hall–Kier alpha value is -2.03. The van der Waals surface area contributed by atoms with E-state index in [1.165, 1.54) is 38.0 Å². The SMILES string of the molecule is Cc1cc(C)cc(OCCSCC(=O)Nc2ccc(S(=O)(=O)N(C)C)cc2)c1. The van der Waals surface area contributed by atoms with E-state index < -0.39 is 10.0 Å². The Labute approximate surface area is 171 Å². The van der Waals surface area contributed by atoms with Crippen molar-refractivity contribution in [2.45, 2.75) is 18.7 Å². The summed E-state index contributed by atoms with van der Waals surface area (Å²) in [7, 11) is -0.512. The van der Waals surface area contributed by atoms with Crippen LogP contribution in [0.2, 0.25) is 0 Å². The van der Waals surface area contributed by atoms with Gasteiger partial charge in [-0.05, 0) is 61.4 Å². The summed E-state index contributed by atoms with van der Waals surface area (Å²) < 4.78 is 30.9. The number of benzene rings is 2. The monoisotopic (exact) mass is 422 g/mol. The van der Waals surface area contributed by atoms with Crippen molar-refractivity contribution < 1.29 is 17.9 Å². The molecule has 0 atom stereocenters. The van der Waals surface area contributed by atoms with Crippen molar-refractivity contribution in [3.8, 4) is 5.75 Å². The predicted octanol–water partition coefficient (Wildman–Crippen LogP) is 3.30. The lowest BCUT2D eigenvalue weighted by Crippen LogP contribution is -2.22. The third-order valence-corrected chi connectivity index (χ3v) is 6.59. The molecule has 0 aliphatic rings. The Balaban J connectivity index is 1.74. The van der Waals surface area contributed by atoms with Crippen LogP contribution in [0.4, 0.5) is 5.69 Å². The van der Waals surface area contributed by atoms with Crippen LogP contribution in [-0.2, 0) is 14.8 Å². The summed E-state index contributed by atoms with van der Waals surface area (Å²) in [5, 5.41) is 2.76. The van der Waals surface area contributed by atoms with E-state index in [9.17, 15) is 13.2 Å². The molecule has 8 heteroatoms. The molecule has 0 saturated carbocycles. The number of amides is 1. The van der Waals surface area contributed by atoms with Crippen LogP contribution < -0.4 is 10.1 Å². The quantitative estimate of drug-likeness (QED) is 0.628. The molecule has 152 valence electrons. The van der Waals surface area contributed by atoms with Gasteiger partial charge in [0.2, 0.25) is 15.9 Å². The van der Waals surface area contributed by atoms with Gasteiger partial charge in [0.15, 0.2) is 0 Å². The van der Waals surface area contributed by atoms with Crippen molar-refractivity contribution in [2.75, 3.05) is 37.5 Å². The fraction of sp³-hybridized carbons (Fsp3) is 0.350. The second-order valence-corrected chi connectivity index (χ2v) is 9.84. The van der Waals surface area contributed by atoms with Crippen molar-refractivity contribution in [2.24, 2.45) is 0 Å². The molecule has 0 fully saturated rings. The molecule has 6 nitrogen and oxygen atoms in total. The highest BCUT2D eigenvalue weighted by Gasteiger charge is 2.16. The first-order valence-electron chi connectivity index (χ1n) is 8.80. The van der Waals surface area contributed by atoms with Gasteiger partial charge in [-0.25, -0.2) is 12.7 Å². The third kappa shape index (κ3) is 6.54. The fourth-order valence-corrected chi connectivity index (χ4v) is 4.02. The molecule has 0 aliphatic heterocycles. The van der Waals surface area contributed by atoms with E-state index in [2.05, 4.69) is 11.4 Å². The van der Waals surface area contributed by atoms with Gasteiger partial charge in [-0.2, -0.15) is 0 Å². The molecule has 0 bridgehead atoms. The molecular weight excluding hydrogens is 396 g/mol. The average molecular weight is 423 g/mol. The third-order valence-electron chi connectivity index (χ3n) is 3.84. The molecule has 2 rings (SSSR count). The molecule has 2 aromatic rings. The van der Waals surface area contributed by atoms with E-state index >= 15 is 0 Å². The van der Waals surface area contributed by atoms with E-state index in [1.807, 2.05) is 26.0 Å². The first-order valence-corrected chi connectivity index (χ1v) is 11.4. The first-order chi connectivity index (χ1) is 13.2. The standard InChI is InChI=1S/C20H26N2O4S2/c1-15-11-16(2)13-18(12-15)26-9-10-27-14-20(23)21-17-5-7-19(8-6-17)28(24,25)22(3)4/h5-8,11-13H,9-10,14H2,1-4H3,(H,21,23). The van der Waals surface area contributed by atoms with Crippen LogP contribution in [0.1, 0.15) is 11.1 Å². The van der Waals surface area contributed by atoms with Gasteiger partial charge in [0.25, 0.3) is 0 Å². The van der Waals surface area contributed by atoms with Crippen molar-refractivity contribution in [3.63, 3.8) is 0 Å². The number of thioether (sulfide) groups is 1. The van der Waals surface area contributed by atoms with Gasteiger partial charge in [0.1, 0.15) is 5.75 Å². The lowest BCUT2D eigenvalue weighted by Gasteiger charge is -2.12. The maximum atomic E-state index is 12.0. The summed E-state index contributed by atoms with van der Waals surface area (Å²) >= 11 is 1.48. The van der Waals surface area contributed by atoms with E-state index in [1.54, 1.807) is 12.1 Å². The smallest absolute Gasteiger partial charge is 0.242 e. The maximum absolute atomic E-state index is 12.0. The summed E-state index contributed by atoms with van der Waals surface area (Å²) in [5.74, 6) is 1.70. The molecule has 28 heavy (non-hydrogen) atoms. The highest BCUT2D eigenvalue weighted by molar-refractivity contribution is 7.99. The number of hydrogen-bond donors (Lipinski definition) is 1. The Morgan fingerprint density at radius 1 is 1.07 bits per heavy atom. The number of carbonyl (C=O) groups is 1. The highest BCUT2D eigenvalue weighted by Crippen LogP contribution is 2.18. The molecule has 0 aromatic heterocycles. The Kier molecular flexibility index (Phi) is 7.91. The van der Waals surface area contributed by atoms with E-state index in [4.69, 9.17) is 4.74 Å². The number of nitrogens with zero attached hydrogens (tertiary/aromatic N) is 1. The number of anilines is 1. The van der Waals surface area contributed by atoms with Gasteiger partial charge in [0.05, 0.1) is 17.3 Å². The maximum Gasteiger partial charge on any atom is 0.242 e. The van der Waals surface area contributed by atoms with Gasteiger partial charge in [-0.1, -0.05) is 6.07 Å². The molecule has 2 aromatic carbocycles. The van der Waals surface area contributed by atoms with Gasteiger partial charge in [-0.3, -0.25) is 4.79 Å². The van der Waals surface area contributed by atoms with Crippen molar-refractivity contribution in [3.05, 3.63) is 53.6 Å². The second-order valence-electron chi connectivity index (χ2n) is 6.58. The summed E-state index contributed by atoms with van der Waals surface area (Å²) in [5.41, 5.74) is 2.88. The molecule has 0 radical (unpaired) electrons. The zero-order valence-corrected chi connectivity index (χ0v) is 18.2. The van der Waals surface area contributed by atoms with Crippen molar-refractivity contribution in [1.82, 2.24) is 4.31 Å². The second kappa shape index (κ2) is 9.95. The number of sulfonamides is 1. The summed E-state index contributed by atoms with van der Waals surface area (Å²) in [6.45, 7) is 4.58. The van der Waals surface area contributed by atoms with Gasteiger partial charge < -0.3 is 10.1 Å². The topological polar surface area (TPSA) is 75.7 Å². The van der Waals surface area contributed by atoms with Crippen LogP contribution in [0.3, 0.4) is 0 Å². The summed E-state index contributed by atoms with van der Waals surface area (Å²) in [4.78, 5) is 12.2. The Morgan fingerprint density at radius 3 is 2.25 bits per heavy atom. The van der Waals surface area contributed by atoms with Gasteiger partial charge in [-0.15, -0.1) is 11.8 Å². The number of aryl methyl sites for hydroxylation is 2. The molecule has 0 aliphatic carbocycles. The predicted molar refractivity (Wildman–Crippen MR) is 115 cm³/mol. The van der Waals surface area contributed by atoms with Crippen molar-refractivity contribution >= 4 is 33.4 Å². The normalized spacial score (nSPS) is 11.5. The number of ether oxygens (including phenoxy) is 1. The van der Waals surface area contributed by atoms with E-state index in [0.717, 1.165) is 21.2 Å². The molecule has 1 N–H and O–H groups in total. The highest BCUT2D eigenvalue weighted by atomic mass is 32.2. The van der Waals surface area contributed by atoms with Crippen LogP contribution in [0.5, 0.6) is 5.75 Å². The number of rotatable bonds is 9. The van der Waals surface area contributed by atoms with Gasteiger partial charge >= 0.3 is 0 Å². The molecule has 0 heterocycles. The minimum Gasteiger partial charge on any atom is -0.493 e. The average Bonchev–Trinajstić information content (AvgIpc) is 2.61. The Morgan fingerprint density at radius 2 is 1.68 bits per heavy atom. The molecule has 1 amide bonds. The first kappa shape index (κ1) is 22.3. The fourth-order valence-electron chi connectivity index (χ4n) is 2.52. The number of carbonyl (C=O) groups excluding carboxylic acids is 1. The van der Waals surface area contributed by atoms with Crippen LogP contribution in [0, 0.1) is 13.8 Å². The molecule has 0 spiro atoms. The number of nitrogens with one attached hydrogen (secondary N) is 1. The molecule has 0 unspecified atom stereocenters. The molecule has 0 saturated heterocycles. The van der Waals surface area contributed by atoms with Crippen LogP contribution in [0.15, 0.2) is 47.4 Å². The zero-order chi connectivity index (χ0) is 20.7. The van der Waals surface area contributed by atoms with Gasteiger partial charge in [0, 0.05) is 25.5 Å². The van der Waals surface area contributed by atoms with Crippen molar-refractivity contribution in [1.29, 1.82) is 0 Å². The van der Waals surface area contributed by atoms with Crippen LogP contribution in [0.25, 0.3) is 0 Å². The lowest BCUT2D eigenvalue weighted by molar-refractivity contribution is -0.113. The summed E-state index contributed by atoms with van der Waals surface area (Å²) in [6.07, 6.45) is 0. The number of hydrogen-bond acceptors (Lipinski definition) is 5. The van der Waals surface area contributed by atoms with E-state index in [0.29, 0.717) is 23.8 Å². The Bertz CT molecular complexity index is 890. The van der Waals surface area contributed by atoms with E-state index in [-0.39, 0.29) is 10.8 Å². The molecular formula is C20H26N2O4S2. The van der Waals surface area contributed by atoms with Crippen LogP contribution in [-0.4, -0.2) is 50.8 Å². The largest absolute Gasteiger partial charge is 0.493 e. The zero-order valence-electron chi connectivity index (χ0n) is 16.6. The lowest BCUT2D eigenvalue weighted by atomic mass is 10.1. The minimum atomic E-state index is -3.47. The summed E-state index contributed by atoms with van der Waals surface area (Å²) in [6, 6.07) is 12.2. The van der Waals surface area contributed by atoms with Crippen LogP contribution >= 0.6 is 11.8 Å².